The maximum atomic E-state index is 13.0. The fourth-order valence-electron chi connectivity index (χ4n) is 3.76. The molecule has 0 bridgehead atoms. The van der Waals surface area contributed by atoms with Gasteiger partial charge in [-0.2, -0.15) is 5.10 Å². The highest BCUT2D eigenvalue weighted by Crippen LogP contribution is 2.28. The quantitative estimate of drug-likeness (QED) is 0.648. The molecule has 0 saturated heterocycles. The monoisotopic (exact) mass is 405 g/mol. The van der Waals surface area contributed by atoms with Crippen molar-refractivity contribution >= 4 is 23.4 Å². The van der Waals surface area contributed by atoms with Crippen molar-refractivity contribution in [2.75, 3.05) is 11.6 Å². The molecular formula is C23H23N3O2S. The third-order valence-corrected chi connectivity index (χ3v) is 5.89. The van der Waals surface area contributed by atoms with Gasteiger partial charge in [0.25, 0.3) is 5.56 Å². The Morgan fingerprint density at radius 2 is 1.83 bits per heavy atom. The maximum Gasteiger partial charge on any atom is 0.270 e. The third kappa shape index (κ3) is 4.27. The number of rotatable bonds is 5. The van der Waals surface area contributed by atoms with Crippen LogP contribution in [0, 0.1) is 0 Å². The summed E-state index contributed by atoms with van der Waals surface area (Å²) in [5.41, 5.74) is 4.21. The molecule has 0 atom stereocenters. The Morgan fingerprint density at radius 3 is 2.59 bits per heavy atom. The highest BCUT2D eigenvalue weighted by Gasteiger charge is 2.22. The van der Waals surface area contributed by atoms with E-state index in [1.807, 2.05) is 60.9 Å². The van der Waals surface area contributed by atoms with Crippen LogP contribution in [-0.2, 0) is 24.2 Å². The lowest BCUT2D eigenvalue weighted by Gasteiger charge is -2.20. The van der Waals surface area contributed by atoms with Gasteiger partial charge in [0.05, 0.1) is 5.69 Å². The molecule has 148 valence electrons. The smallest absolute Gasteiger partial charge is 0.270 e. The number of benzene rings is 2. The van der Waals surface area contributed by atoms with E-state index in [0.717, 1.165) is 58.7 Å². The van der Waals surface area contributed by atoms with E-state index in [0.29, 0.717) is 0 Å². The van der Waals surface area contributed by atoms with Crippen molar-refractivity contribution in [3.63, 3.8) is 0 Å². The van der Waals surface area contributed by atoms with Crippen LogP contribution in [0.4, 0.5) is 5.69 Å². The SMILES string of the molecule is CSc1cccc(NC(=O)Cn2nc(-c3ccccc3)c3c(c2=O)CCCC3)c1. The zero-order valence-corrected chi connectivity index (χ0v) is 17.2. The summed E-state index contributed by atoms with van der Waals surface area (Å²) in [4.78, 5) is 26.7. The third-order valence-electron chi connectivity index (χ3n) is 5.16. The van der Waals surface area contributed by atoms with Crippen LogP contribution in [0.15, 0.2) is 64.3 Å². The van der Waals surface area contributed by atoms with Crippen molar-refractivity contribution in [3.8, 4) is 11.3 Å². The average molecular weight is 406 g/mol. The predicted octanol–water partition coefficient (Wildman–Crippen LogP) is 4.15. The molecule has 0 unspecified atom stereocenters. The molecule has 0 spiro atoms. The number of hydrogen-bond donors (Lipinski definition) is 1. The molecule has 0 aliphatic heterocycles. The summed E-state index contributed by atoms with van der Waals surface area (Å²) >= 11 is 1.61. The molecule has 1 N–H and O–H groups in total. The minimum atomic E-state index is -0.257. The van der Waals surface area contributed by atoms with Crippen LogP contribution < -0.4 is 10.9 Å². The second-order valence-electron chi connectivity index (χ2n) is 7.12. The molecule has 1 aliphatic rings. The van der Waals surface area contributed by atoms with Crippen LogP contribution in [0.1, 0.15) is 24.0 Å². The van der Waals surface area contributed by atoms with Gasteiger partial charge < -0.3 is 5.32 Å². The van der Waals surface area contributed by atoms with Crippen molar-refractivity contribution in [1.29, 1.82) is 0 Å². The molecule has 1 amide bonds. The first-order valence-electron chi connectivity index (χ1n) is 9.78. The van der Waals surface area contributed by atoms with Crippen molar-refractivity contribution in [2.24, 2.45) is 0 Å². The van der Waals surface area contributed by atoms with E-state index >= 15 is 0 Å². The summed E-state index contributed by atoms with van der Waals surface area (Å²) in [6, 6.07) is 17.5. The zero-order chi connectivity index (χ0) is 20.2. The number of aromatic nitrogens is 2. The van der Waals surface area contributed by atoms with Gasteiger partial charge in [0.2, 0.25) is 5.91 Å². The summed E-state index contributed by atoms with van der Waals surface area (Å²) in [5, 5.41) is 7.49. The van der Waals surface area contributed by atoms with E-state index in [9.17, 15) is 9.59 Å². The predicted molar refractivity (Wildman–Crippen MR) is 117 cm³/mol. The second kappa shape index (κ2) is 8.66. The molecule has 0 saturated carbocycles. The number of nitrogens with one attached hydrogen (secondary N) is 1. The average Bonchev–Trinajstić information content (AvgIpc) is 2.76. The minimum absolute atomic E-state index is 0.102. The Labute approximate surface area is 174 Å². The fraction of sp³-hybridized carbons (Fsp3) is 0.261. The first-order chi connectivity index (χ1) is 14.2. The summed E-state index contributed by atoms with van der Waals surface area (Å²) in [5.74, 6) is -0.257. The fourth-order valence-corrected chi connectivity index (χ4v) is 4.22. The van der Waals surface area contributed by atoms with Crippen LogP contribution in [0.2, 0.25) is 0 Å². The van der Waals surface area contributed by atoms with Crippen LogP contribution in [-0.4, -0.2) is 21.9 Å². The second-order valence-corrected chi connectivity index (χ2v) is 8.00. The van der Waals surface area contributed by atoms with Crippen LogP contribution in [0.25, 0.3) is 11.3 Å². The van der Waals surface area contributed by atoms with Crippen molar-refractivity contribution in [2.45, 2.75) is 37.1 Å². The summed E-state index contributed by atoms with van der Waals surface area (Å²) in [7, 11) is 0. The van der Waals surface area contributed by atoms with Gasteiger partial charge in [0, 0.05) is 21.7 Å². The van der Waals surface area contributed by atoms with Gasteiger partial charge in [-0.15, -0.1) is 11.8 Å². The zero-order valence-electron chi connectivity index (χ0n) is 16.4. The van der Waals surface area contributed by atoms with Crippen molar-refractivity contribution in [3.05, 3.63) is 76.1 Å². The topological polar surface area (TPSA) is 64.0 Å². The van der Waals surface area contributed by atoms with E-state index in [1.54, 1.807) is 11.8 Å². The molecule has 6 heteroatoms. The van der Waals surface area contributed by atoms with E-state index in [1.165, 1.54) is 4.68 Å². The summed E-state index contributed by atoms with van der Waals surface area (Å²) in [6.45, 7) is -0.102. The van der Waals surface area contributed by atoms with Crippen molar-refractivity contribution in [1.82, 2.24) is 9.78 Å². The molecule has 2 aromatic carbocycles. The van der Waals surface area contributed by atoms with E-state index in [-0.39, 0.29) is 18.0 Å². The number of thioether (sulfide) groups is 1. The Kier molecular flexibility index (Phi) is 5.81. The standard InChI is InChI=1S/C23H23N3O2S/c1-29-18-11-7-10-17(14-18)24-21(27)15-26-23(28)20-13-6-5-12-19(20)22(25-26)16-8-3-2-4-9-16/h2-4,7-11,14H,5-6,12-13,15H2,1H3,(H,24,27). The lowest BCUT2D eigenvalue weighted by atomic mass is 9.90. The van der Waals surface area contributed by atoms with Gasteiger partial charge in [-0.25, -0.2) is 4.68 Å². The number of carbonyl (C=O) groups is 1. The maximum absolute atomic E-state index is 13.0. The molecule has 5 nitrogen and oxygen atoms in total. The number of nitrogens with zero attached hydrogens (tertiary/aromatic N) is 2. The molecule has 29 heavy (non-hydrogen) atoms. The Hall–Kier alpha value is -2.86. The minimum Gasteiger partial charge on any atom is -0.324 e. The molecule has 1 heterocycles. The van der Waals surface area contributed by atoms with Gasteiger partial charge in [0.1, 0.15) is 6.54 Å². The summed E-state index contributed by atoms with van der Waals surface area (Å²) < 4.78 is 1.32. The first kappa shape index (κ1) is 19.5. The van der Waals surface area contributed by atoms with Gasteiger partial charge in [-0.1, -0.05) is 36.4 Å². The highest BCUT2D eigenvalue weighted by atomic mass is 32.2. The van der Waals surface area contributed by atoms with Crippen molar-refractivity contribution < 1.29 is 4.79 Å². The van der Waals surface area contributed by atoms with Gasteiger partial charge in [0.15, 0.2) is 0 Å². The molecule has 4 rings (SSSR count). The van der Waals surface area contributed by atoms with Gasteiger partial charge in [-0.05, 0) is 55.7 Å². The first-order valence-corrected chi connectivity index (χ1v) is 11.0. The number of anilines is 1. The largest absolute Gasteiger partial charge is 0.324 e. The lowest BCUT2D eigenvalue weighted by Crippen LogP contribution is -2.34. The normalized spacial score (nSPS) is 13.0. The lowest BCUT2D eigenvalue weighted by molar-refractivity contribution is -0.117. The Balaban J connectivity index is 1.66. The van der Waals surface area contributed by atoms with E-state index in [4.69, 9.17) is 0 Å². The van der Waals surface area contributed by atoms with E-state index < -0.39 is 0 Å². The number of fused-ring (bicyclic) bond motifs is 1. The number of carbonyl (C=O) groups excluding carboxylic acids is 1. The Bertz CT molecular complexity index is 1090. The molecular weight excluding hydrogens is 382 g/mol. The van der Waals surface area contributed by atoms with Crippen LogP contribution in [0.5, 0.6) is 0 Å². The molecule has 1 aromatic heterocycles. The number of hydrogen-bond acceptors (Lipinski definition) is 4. The highest BCUT2D eigenvalue weighted by molar-refractivity contribution is 7.98. The van der Waals surface area contributed by atoms with Crippen LogP contribution >= 0.6 is 11.8 Å². The molecule has 0 fully saturated rings. The van der Waals surface area contributed by atoms with Gasteiger partial charge in [-0.3, -0.25) is 9.59 Å². The van der Waals surface area contributed by atoms with Gasteiger partial charge >= 0.3 is 0 Å². The molecule has 1 aliphatic carbocycles. The molecule has 0 radical (unpaired) electrons. The molecule has 3 aromatic rings. The van der Waals surface area contributed by atoms with E-state index in [2.05, 4.69) is 10.4 Å². The van der Waals surface area contributed by atoms with Crippen LogP contribution in [0.3, 0.4) is 0 Å². The number of amides is 1. The Morgan fingerprint density at radius 1 is 1.07 bits per heavy atom. The summed E-state index contributed by atoms with van der Waals surface area (Å²) in [6.07, 6.45) is 5.64.